The number of thiophene rings is 1. The summed E-state index contributed by atoms with van der Waals surface area (Å²) < 4.78 is 7.54. The fourth-order valence-corrected chi connectivity index (χ4v) is 2.77. The molecule has 1 aromatic heterocycles. The average molecular weight is 305 g/mol. The zero-order valence-corrected chi connectivity index (χ0v) is 9.98. The van der Waals surface area contributed by atoms with Crippen LogP contribution in [-0.4, -0.2) is 7.11 Å². The zero-order chi connectivity index (χ0) is 9.42. The molecule has 0 unspecified atom stereocenters. The Morgan fingerprint density at radius 1 is 1.46 bits per heavy atom. The van der Waals surface area contributed by atoms with E-state index in [9.17, 15) is 0 Å². The first-order valence-electron chi connectivity index (χ1n) is 3.72. The highest BCUT2D eigenvalue weighted by molar-refractivity contribution is 14.1. The lowest BCUT2D eigenvalue weighted by Crippen LogP contribution is -1.85. The summed E-state index contributed by atoms with van der Waals surface area (Å²) in [5.74, 6) is 0.906. The van der Waals surface area contributed by atoms with E-state index in [1.54, 1.807) is 18.4 Å². The normalized spacial score (nSPS) is 10.6. The Kier molecular flexibility index (Phi) is 2.33. The van der Waals surface area contributed by atoms with Crippen LogP contribution in [0.3, 0.4) is 0 Å². The van der Waals surface area contributed by atoms with Crippen molar-refractivity contribution in [1.82, 2.24) is 0 Å². The molecule has 4 heteroatoms. The molecule has 0 fully saturated rings. The molecule has 0 spiro atoms. The van der Waals surface area contributed by atoms with E-state index in [4.69, 9.17) is 10.5 Å². The van der Waals surface area contributed by atoms with Crippen molar-refractivity contribution in [2.45, 2.75) is 0 Å². The predicted molar refractivity (Wildman–Crippen MR) is 65.5 cm³/mol. The zero-order valence-electron chi connectivity index (χ0n) is 7.00. The predicted octanol–water partition coefficient (Wildman–Crippen LogP) is 3.10. The molecule has 0 saturated carbocycles. The maximum atomic E-state index is 5.82. The SMILES string of the molecule is COc1cc(I)cc2c(N)csc12. The van der Waals surface area contributed by atoms with Gasteiger partial charge in [-0.15, -0.1) is 11.3 Å². The van der Waals surface area contributed by atoms with Crippen LogP contribution in [0.15, 0.2) is 17.5 Å². The molecular weight excluding hydrogens is 297 g/mol. The van der Waals surface area contributed by atoms with Gasteiger partial charge in [0.1, 0.15) is 5.75 Å². The third-order valence-corrected chi connectivity index (χ3v) is 3.51. The van der Waals surface area contributed by atoms with E-state index in [2.05, 4.69) is 28.7 Å². The molecule has 13 heavy (non-hydrogen) atoms. The minimum atomic E-state index is 0.830. The molecule has 0 aliphatic rings. The summed E-state index contributed by atoms with van der Waals surface area (Å²) >= 11 is 3.88. The van der Waals surface area contributed by atoms with Crippen molar-refractivity contribution < 1.29 is 4.74 Å². The van der Waals surface area contributed by atoms with E-state index in [0.29, 0.717) is 0 Å². The van der Waals surface area contributed by atoms with Gasteiger partial charge in [0.25, 0.3) is 0 Å². The van der Waals surface area contributed by atoms with Gasteiger partial charge in [0.05, 0.1) is 17.5 Å². The lowest BCUT2D eigenvalue weighted by molar-refractivity contribution is 0.420. The second-order valence-electron chi connectivity index (χ2n) is 2.68. The van der Waals surface area contributed by atoms with Crippen molar-refractivity contribution in [1.29, 1.82) is 0 Å². The van der Waals surface area contributed by atoms with E-state index in [-0.39, 0.29) is 0 Å². The van der Waals surface area contributed by atoms with Gasteiger partial charge in [-0.2, -0.15) is 0 Å². The van der Waals surface area contributed by atoms with Gasteiger partial charge in [0, 0.05) is 14.3 Å². The molecule has 2 rings (SSSR count). The summed E-state index contributed by atoms with van der Waals surface area (Å²) in [5.41, 5.74) is 6.65. The molecule has 0 radical (unpaired) electrons. The van der Waals surface area contributed by atoms with Gasteiger partial charge in [0.2, 0.25) is 0 Å². The van der Waals surface area contributed by atoms with Crippen LogP contribution in [0.1, 0.15) is 0 Å². The molecule has 1 aromatic carbocycles. The maximum Gasteiger partial charge on any atom is 0.137 e. The lowest BCUT2D eigenvalue weighted by Gasteiger charge is -2.02. The van der Waals surface area contributed by atoms with Crippen LogP contribution in [0, 0.1) is 3.57 Å². The number of nitrogen functional groups attached to an aromatic ring is 1. The van der Waals surface area contributed by atoms with Crippen LogP contribution in [0.2, 0.25) is 0 Å². The smallest absolute Gasteiger partial charge is 0.137 e. The Morgan fingerprint density at radius 2 is 2.23 bits per heavy atom. The summed E-state index contributed by atoms with van der Waals surface area (Å²) in [7, 11) is 1.68. The molecule has 2 aromatic rings. The first-order valence-corrected chi connectivity index (χ1v) is 5.68. The summed E-state index contributed by atoms with van der Waals surface area (Å²) in [6.45, 7) is 0. The molecule has 0 amide bonds. The number of hydrogen-bond acceptors (Lipinski definition) is 3. The van der Waals surface area contributed by atoms with E-state index < -0.39 is 0 Å². The molecule has 68 valence electrons. The minimum Gasteiger partial charge on any atom is -0.495 e. The van der Waals surface area contributed by atoms with Crippen molar-refractivity contribution in [3.05, 3.63) is 21.1 Å². The molecule has 2 N–H and O–H groups in total. The van der Waals surface area contributed by atoms with E-state index in [1.807, 2.05) is 11.4 Å². The molecule has 0 saturated heterocycles. The van der Waals surface area contributed by atoms with Gasteiger partial charge < -0.3 is 10.5 Å². The molecular formula is C9H8INOS. The number of ether oxygens (including phenoxy) is 1. The van der Waals surface area contributed by atoms with E-state index >= 15 is 0 Å². The van der Waals surface area contributed by atoms with Crippen molar-refractivity contribution >= 4 is 49.7 Å². The van der Waals surface area contributed by atoms with Crippen molar-refractivity contribution in [2.75, 3.05) is 12.8 Å². The molecule has 0 aliphatic heterocycles. The lowest BCUT2D eigenvalue weighted by atomic mass is 10.2. The minimum absolute atomic E-state index is 0.830. The van der Waals surface area contributed by atoms with Crippen LogP contribution >= 0.6 is 33.9 Å². The first-order chi connectivity index (χ1) is 6.22. The number of hydrogen-bond donors (Lipinski definition) is 1. The van der Waals surface area contributed by atoms with Crippen LogP contribution in [0.5, 0.6) is 5.75 Å². The van der Waals surface area contributed by atoms with Gasteiger partial charge in [-0.1, -0.05) is 0 Å². The summed E-state index contributed by atoms with van der Waals surface area (Å²) in [4.78, 5) is 0. The Labute approximate surface area is 93.8 Å². The Hall–Kier alpha value is -0.490. The highest BCUT2D eigenvalue weighted by Gasteiger charge is 2.07. The largest absolute Gasteiger partial charge is 0.495 e. The van der Waals surface area contributed by atoms with Crippen LogP contribution in [0.25, 0.3) is 10.1 Å². The van der Waals surface area contributed by atoms with Gasteiger partial charge in [-0.25, -0.2) is 0 Å². The molecule has 0 atom stereocenters. The third-order valence-electron chi connectivity index (χ3n) is 1.85. The van der Waals surface area contributed by atoms with Gasteiger partial charge >= 0.3 is 0 Å². The third kappa shape index (κ3) is 1.48. The second-order valence-corrected chi connectivity index (χ2v) is 4.80. The number of benzene rings is 1. The van der Waals surface area contributed by atoms with Crippen molar-refractivity contribution in [2.24, 2.45) is 0 Å². The topological polar surface area (TPSA) is 35.2 Å². The fourth-order valence-electron chi connectivity index (χ4n) is 1.24. The van der Waals surface area contributed by atoms with Crippen LogP contribution < -0.4 is 10.5 Å². The molecule has 1 heterocycles. The summed E-state index contributed by atoms with van der Waals surface area (Å²) in [6, 6.07) is 4.09. The Bertz CT molecular complexity index is 452. The molecule has 0 aliphatic carbocycles. The summed E-state index contributed by atoms with van der Waals surface area (Å²) in [5, 5.41) is 3.04. The Balaban J connectivity index is 2.84. The van der Waals surface area contributed by atoms with E-state index in [0.717, 1.165) is 25.1 Å². The van der Waals surface area contributed by atoms with Gasteiger partial charge in [0.15, 0.2) is 0 Å². The average Bonchev–Trinajstić information content (AvgIpc) is 2.47. The number of rotatable bonds is 1. The number of nitrogens with two attached hydrogens (primary N) is 1. The van der Waals surface area contributed by atoms with Crippen molar-refractivity contribution in [3.8, 4) is 5.75 Å². The second kappa shape index (κ2) is 3.34. The molecule has 0 bridgehead atoms. The van der Waals surface area contributed by atoms with Crippen molar-refractivity contribution in [3.63, 3.8) is 0 Å². The maximum absolute atomic E-state index is 5.82. The highest BCUT2D eigenvalue weighted by Crippen LogP contribution is 2.36. The number of methoxy groups -OCH3 is 1. The van der Waals surface area contributed by atoms with Gasteiger partial charge in [-0.05, 0) is 34.7 Å². The standard InChI is InChI=1S/C9H8INOS/c1-12-8-3-5(10)2-6-7(11)4-13-9(6)8/h2-4H,11H2,1H3. The monoisotopic (exact) mass is 305 g/mol. The number of anilines is 1. The fraction of sp³-hybridized carbons (Fsp3) is 0.111. The Morgan fingerprint density at radius 3 is 2.92 bits per heavy atom. The number of halogens is 1. The first kappa shape index (κ1) is 9.08. The highest BCUT2D eigenvalue weighted by atomic mass is 127. The molecule has 2 nitrogen and oxygen atoms in total. The number of fused-ring (bicyclic) bond motifs is 1. The van der Waals surface area contributed by atoms with E-state index in [1.165, 1.54) is 0 Å². The summed E-state index contributed by atoms with van der Waals surface area (Å²) in [6.07, 6.45) is 0. The van der Waals surface area contributed by atoms with Crippen LogP contribution in [-0.2, 0) is 0 Å². The quantitative estimate of drug-likeness (QED) is 0.822. The van der Waals surface area contributed by atoms with Gasteiger partial charge in [-0.3, -0.25) is 0 Å². The van der Waals surface area contributed by atoms with Crippen LogP contribution in [0.4, 0.5) is 5.69 Å².